The van der Waals surface area contributed by atoms with Gasteiger partial charge in [0, 0.05) is 30.4 Å². The lowest BCUT2D eigenvalue weighted by Crippen LogP contribution is -2.41. The maximum atomic E-state index is 12.0. The minimum absolute atomic E-state index is 0.0616. The van der Waals surface area contributed by atoms with Gasteiger partial charge in [0.2, 0.25) is 5.91 Å². The Bertz CT molecular complexity index is 655. The molecule has 1 N–H and O–H groups in total. The first-order chi connectivity index (χ1) is 10.7. The molecule has 1 aromatic rings. The molecule has 2 heterocycles. The minimum Gasteiger partial charge on any atom is -0.355 e. The summed E-state index contributed by atoms with van der Waals surface area (Å²) in [5, 5.41) is 2.84. The van der Waals surface area contributed by atoms with Crippen LogP contribution in [0.4, 0.5) is 0 Å². The number of nitrogens with zero attached hydrogens (tertiary/aromatic N) is 3. The fraction of sp³-hybridized carbons (Fsp3) is 0.667. The van der Waals surface area contributed by atoms with Crippen LogP contribution in [0, 0.1) is 13.8 Å². The average molecular weight is 340 g/mol. The van der Waals surface area contributed by atoms with E-state index in [0.717, 1.165) is 17.2 Å². The number of carbonyl (C=O) groups excluding carboxylic acids is 1. The second-order valence-corrected chi connectivity index (χ2v) is 8.37. The van der Waals surface area contributed by atoms with Crippen LogP contribution in [0.1, 0.15) is 23.6 Å². The Morgan fingerprint density at radius 2 is 2.00 bits per heavy atom. The summed E-state index contributed by atoms with van der Waals surface area (Å²) in [6.07, 6.45) is 1.18. The largest absolute Gasteiger partial charge is 0.355 e. The van der Waals surface area contributed by atoms with E-state index in [9.17, 15) is 13.2 Å². The van der Waals surface area contributed by atoms with Gasteiger partial charge in [0.15, 0.2) is 9.84 Å². The van der Waals surface area contributed by atoms with Gasteiger partial charge in [0.1, 0.15) is 5.82 Å². The molecule has 1 amide bonds. The van der Waals surface area contributed by atoms with Crippen LogP contribution in [0.2, 0.25) is 0 Å². The number of sulfone groups is 1. The van der Waals surface area contributed by atoms with Crippen molar-refractivity contribution in [3.8, 4) is 0 Å². The molecule has 0 aromatic carbocycles. The molecule has 0 radical (unpaired) electrons. The fourth-order valence-electron chi connectivity index (χ4n) is 2.76. The molecule has 1 saturated heterocycles. The van der Waals surface area contributed by atoms with Crippen molar-refractivity contribution < 1.29 is 13.2 Å². The molecule has 128 valence electrons. The molecule has 0 aliphatic carbocycles. The lowest BCUT2D eigenvalue weighted by molar-refractivity contribution is -0.122. The highest BCUT2D eigenvalue weighted by Crippen LogP contribution is 2.15. The Kier molecular flexibility index (Phi) is 5.69. The predicted octanol–water partition coefficient (Wildman–Crippen LogP) is -0.129. The SMILES string of the molecule is Cc1cc(C)nc(CCNC(=O)CN(C)[C@H]2CCS(=O)(=O)C2)n1. The highest BCUT2D eigenvalue weighted by Gasteiger charge is 2.31. The molecule has 1 atom stereocenters. The molecule has 0 bridgehead atoms. The standard InChI is InChI=1S/C15H24N4O3S/c1-11-8-12(2)18-14(17-11)4-6-16-15(20)9-19(3)13-5-7-23(21,22)10-13/h8,13H,4-7,9-10H2,1-3H3,(H,16,20)/t13-/m0/s1. The maximum absolute atomic E-state index is 12.0. The second kappa shape index (κ2) is 7.35. The molecule has 1 aromatic heterocycles. The number of aromatic nitrogens is 2. The van der Waals surface area contributed by atoms with Crippen LogP contribution in [0.15, 0.2) is 6.07 Å². The van der Waals surface area contributed by atoms with Crippen molar-refractivity contribution in [2.45, 2.75) is 32.7 Å². The molecule has 0 unspecified atom stereocenters. The number of hydrogen-bond donors (Lipinski definition) is 1. The van der Waals surface area contributed by atoms with E-state index in [-0.39, 0.29) is 30.0 Å². The Hall–Kier alpha value is -1.54. The van der Waals surface area contributed by atoms with E-state index in [0.29, 0.717) is 19.4 Å². The first-order valence-electron chi connectivity index (χ1n) is 7.74. The lowest BCUT2D eigenvalue weighted by Gasteiger charge is -2.22. The van der Waals surface area contributed by atoms with E-state index < -0.39 is 9.84 Å². The van der Waals surface area contributed by atoms with E-state index in [4.69, 9.17) is 0 Å². The Morgan fingerprint density at radius 1 is 1.35 bits per heavy atom. The lowest BCUT2D eigenvalue weighted by atomic mass is 10.2. The van der Waals surface area contributed by atoms with E-state index in [1.807, 2.05) is 24.8 Å². The van der Waals surface area contributed by atoms with Gasteiger partial charge in [-0.1, -0.05) is 0 Å². The first-order valence-corrected chi connectivity index (χ1v) is 9.56. The summed E-state index contributed by atoms with van der Waals surface area (Å²) in [4.78, 5) is 22.4. The average Bonchev–Trinajstić information content (AvgIpc) is 2.78. The smallest absolute Gasteiger partial charge is 0.234 e. The van der Waals surface area contributed by atoms with Crippen molar-refractivity contribution in [2.75, 3.05) is 31.6 Å². The summed E-state index contributed by atoms with van der Waals surface area (Å²) < 4.78 is 22.9. The number of hydrogen-bond acceptors (Lipinski definition) is 6. The van der Waals surface area contributed by atoms with Gasteiger partial charge in [-0.25, -0.2) is 18.4 Å². The zero-order valence-corrected chi connectivity index (χ0v) is 14.7. The molecule has 1 fully saturated rings. The summed E-state index contributed by atoms with van der Waals surface area (Å²) in [5.74, 6) is 0.972. The van der Waals surface area contributed by atoms with Crippen molar-refractivity contribution in [3.63, 3.8) is 0 Å². The quantitative estimate of drug-likeness (QED) is 0.776. The van der Waals surface area contributed by atoms with Crippen LogP contribution in [0.5, 0.6) is 0 Å². The molecule has 1 aliphatic heterocycles. The summed E-state index contributed by atoms with van der Waals surface area (Å²) in [5.41, 5.74) is 1.84. The number of carbonyl (C=O) groups is 1. The third-order valence-corrected chi connectivity index (χ3v) is 5.67. The molecule has 8 heteroatoms. The normalized spacial score (nSPS) is 19.9. The van der Waals surface area contributed by atoms with E-state index in [1.165, 1.54) is 0 Å². The Labute approximate surface area is 137 Å². The highest BCUT2D eigenvalue weighted by atomic mass is 32.2. The molecular formula is C15H24N4O3S. The van der Waals surface area contributed by atoms with E-state index >= 15 is 0 Å². The number of nitrogens with one attached hydrogen (secondary N) is 1. The Morgan fingerprint density at radius 3 is 2.57 bits per heavy atom. The topological polar surface area (TPSA) is 92.3 Å². The van der Waals surface area contributed by atoms with Crippen LogP contribution in [0.3, 0.4) is 0 Å². The van der Waals surface area contributed by atoms with E-state index in [1.54, 1.807) is 7.05 Å². The van der Waals surface area contributed by atoms with Crippen molar-refractivity contribution in [3.05, 3.63) is 23.3 Å². The van der Waals surface area contributed by atoms with Crippen molar-refractivity contribution in [1.29, 1.82) is 0 Å². The van der Waals surface area contributed by atoms with Gasteiger partial charge in [0.25, 0.3) is 0 Å². The van der Waals surface area contributed by atoms with Gasteiger partial charge in [-0.3, -0.25) is 9.69 Å². The van der Waals surface area contributed by atoms with Crippen LogP contribution >= 0.6 is 0 Å². The van der Waals surface area contributed by atoms with Gasteiger partial charge in [0.05, 0.1) is 18.1 Å². The van der Waals surface area contributed by atoms with Crippen molar-refractivity contribution >= 4 is 15.7 Å². The second-order valence-electron chi connectivity index (χ2n) is 6.14. The molecule has 1 aliphatic rings. The molecule has 0 saturated carbocycles. The van der Waals surface area contributed by atoms with Crippen LogP contribution < -0.4 is 5.32 Å². The number of likely N-dealkylation sites (N-methyl/N-ethyl adjacent to an activating group) is 1. The monoisotopic (exact) mass is 340 g/mol. The third kappa shape index (κ3) is 5.54. The fourth-order valence-corrected chi connectivity index (χ4v) is 4.56. The molecule has 7 nitrogen and oxygen atoms in total. The van der Waals surface area contributed by atoms with Crippen LogP contribution in [0.25, 0.3) is 0 Å². The van der Waals surface area contributed by atoms with E-state index in [2.05, 4.69) is 15.3 Å². The summed E-state index contributed by atoms with van der Waals surface area (Å²) in [6, 6.07) is 1.85. The summed E-state index contributed by atoms with van der Waals surface area (Å²) in [7, 11) is -1.14. The van der Waals surface area contributed by atoms with Crippen molar-refractivity contribution in [2.24, 2.45) is 0 Å². The number of aryl methyl sites for hydroxylation is 2. The zero-order valence-electron chi connectivity index (χ0n) is 13.9. The first kappa shape index (κ1) is 17.8. The van der Waals surface area contributed by atoms with Gasteiger partial charge in [-0.15, -0.1) is 0 Å². The predicted molar refractivity (Wildman–Crippen MR) is 87.9 cm³/mol. The van der Waals surface area contributed by atoms with Crippen molar-refractivity contribution in [1.82, 2.24) is 20.2 Å². The minimum atomic E-state index is -2.93. The maximum Gasteiger partial charge on any atom is 0.234 e. The van der Waals surface area contributed by atoms with Gasteiger partial charge in [-0.2, -0.15) is 0 Å². The zero-order chi connectivity index (χ0) is 17.0. The van der Waals surface area contributed by atoms with Crippen LogP contribution in [-0.2, 0) is 21.1 Å². The number of rotatable bonds is 6. The van der Waals surface area contributed by atoms with Gasteiger partial charge in [-0.05, 0) is 33.4 Å². The summed E-state index contributed by atoms with van der Waals surface area (Å²) in [6.45, 7) is 4.51. The highest BCUT2D eigenvalue weighted by molar-refractivity contribution is 7.91. The van der Waals surface area contributed by atoms with Crippen LogP contribution in [-0.4, -0.2) is 66.9 Å². The molecular weight excluding hydrogens is 316 g/mol. The summed E-state index contributed by atoms with van der Waals surface area (Å²) >= 11 is 0. The van der Waals surface area contributed by atoms with Gasteiger partial charge < -0.3 is 5.32 Å². The third-order valence-electron chi connectivity index (χ3n) is 3.92. The molecule has 2 rings (SSSR count). The van der Waals surface area contributed by atoms with Gasteiger partial charge >= 0.3 is 0 Å². The number of amides is 1. The molecule has 0 spiro atoms. The molecule has 23 heavy (non-hydrogen) atoms. The Balaban J connectivity index is 1.75.